The van der Waals surface area contributed by atoms with E-state index >= 15 is 0 Å². The Labute approximate surface area is 708 Å². The average molecular weight is 1660 g/mol. The number of nitrogens with zero attached hydrogens (tertiary/aromatic N) is 2. The van der Waals surface area contributed by atoms with Crippen molar-refractivity contribution < 1.29 is 47.7 Å². The van der Waals surface area contributed by atoms with Gasteiger partial charge in [-0.2, -0.15) is 0 Å². The number of methoxy groups -OCH3 is 5. The minimum absolute atomic E-state index is 0.00640. The Balaban J connectivity index is 0.000000181. The summed E-state index contributed by atoms with van der Waals surface area (Å²) in [5.41, 5.74) is 19.4. The van der Waals surface area contributed by atoms with Crippen molar-refractivity contribution in [3.63, 3.8) is 0 Å². The quantitative estimate of drug-likeness (QED) is 0.0528. The van der Waals surface area contributed by atoms with Crippen LogP contribution in [-0.4, -0.2) is 114 Å². The van der Waals surface area contributed by atoms with E-state index in [-0.39, 0.29) is 41.6 Å². The number of amides is 5. The Morgan fingerprint density at radius 2 is 0.638 bits per heavy atom. The largest absolute Gasteiger partial charge is 0.380 e. The highest BCUT2D eigenvalue weighted by Gasteiger charge is 2.22. The van der Waals surface area contributed by atoms with E-state index in [4.69, 9.17) is 81.7 Å². The molecule has 0 radical (unpaired) electrons. The zero-order valence-corrected chi connectivity index (χ0v) is 71.5. The van der Waals surface area contributed by atoms with Crippen LogP contribution in [0.5, 0.6) is 0 Å². The molecule has 1 fully saturated rings. The Kier molecular flexibility index (Phi) is 36.8. The fraction of sp³-hybridized carbons (Fsp3) is 0.260. The van der Waals surface area contributed by atoms with E-state index < -0.39 is 0 Å². The van der Waals surface area contributed by atoms with E-state index in [0.29, 0.717) is 92.0 Å². The summed E-state index contributed by atoms with van der Waals surface area (Å²) in [6, 6.07) is 76.8. The first-order valence-electron chi connectivity index (χ1n) is 38.2. The number of nitrogens with one attached hydrogen (secondary N) is 3. The molecule has 11 aromatic rings. The molecule has 116 heavy (non-hydrogen) atoms. The molecule has 0 atom stereocenters. The summed E-state index contributed by atoms with van der Waals surface area (Å²) in [6.07, 6.45) is 5.85. The number of carbonyl (C=O) groups is 5. The Hall–Kier alpha value is -9.98. The van der Waals surface area contributed by atoms with E-state index in [2.05, 4.69) is 16.0 Å². The average Bonchev–Trinajstić information content (AvgIpc) is 0.836. The SMILES string of the molecule is COCc1cc(C(=O)N(C)C(C)C)ccc1-c1ccc(Cl)cc1.COCc1cc(C(=O)N(C)C)ccc1-c1ccc(Cl)cc1.COCc1cc(C(=O)NC(C)C)ccc1-c1ccc(Cl)cc1.COCc1cc(C(=O)NC2CCCCC2)ccc1-c1ccc(Cl)cc1.COCc1cc(C(=O)Nc2ccccc2)ccc1-c1ccc(Cl)cc1. The summed E-state index contributed by atoms with van der Waals surface area (Å²) < 4.78 is 26.5. The van der Waals surface area contributed by atoms with Crippen molar-refractivity contribution in [1.29, 1.82) is 0 Å². The van der Waals surface area contributed by atoms with Crippen LogP contribution in [-0.2, 0) is 56.7 Å². The summed E-state index contributed by atoms with van der Waals surface area (Å²) in [5.74, 6) is -0.219. The van der Waals surface area contributed by atoms with Crippen LogP contribution < -0.4 is 16.0 Å². The van der Waals surface area contributed by atoms with Crippen LogP contribution in [0.25, 0.3) is 55.6 Å². The maximum atomic E-state index is 12.6. The van der Waals surface area contributed by atoms with Crippen molar-refractivity contribution in [2.24, 2.45) is 0 Å². The van der Waals surface area contributed by atoms with Gasteiger partial charge in [-0.25, -0.2) is 0 Å². The van der Waals surface area contributed by atoms with E-state index in [9.17, 15) is 24.0 Å². The van der Waals surface area contributed by atoms with Crippen LogP contribution in [0.1, 0.15) is 139 Å². The van der Waals surface area contributed by atoms with Gasteiger partial charge in [0.2, 0.25) is 0 Å². The van der Waals surface area contributed by atoms with Crippen molar-refractivity contribution >= 4 is 93.2 Å². The third-order valence-corrected chi connectivity index (χ3v) is 20.2. The van der Waals surface area contributed by atoms with Gasteiger partial charge in [-0.05, 0) is 257 Å². The van der Waals surface area contributed by atoms with Crippen molar-refractivity contribution in [2.45, 2.75) is 111 Å². The van der Waals surface area contributed by atoms with Crippen LogP contribution >= 0.6 is 58.0 Å². The molecule has 12 rings (SSSR count). The van der Waals surface area contributed by atoms with E-state index in [1.807, 2.05) is 277 Å². The van der Waals surface area contributed by atoms with Gasteiger partial charge in [-0.3, -0.25) is 24.0 Å². The smallest absolute Gasteiger partial charge is 0.255 e. The molecule has 1 aliphatic rings. The van der Waals surface area contributed by atoms with E-state index in [0.717, 1.165) is 102 Å². The van der Waals surface area contributed by atoms with Crippen LogP contribution in [0.2, 0.25) is 25.1 Å². The highest BCUT2D eigenvalue weighted by atomic mass is 35.5. The minimum Gasteiger partial charge on any atom is -0.380 e. The lowest BCUT2D eigenvalue weighted by molar-refractivity contribution is 0.0753. The molecule has 0 aromatic heterocycles. The summed E-state index contributed by atoms with van der Waals surface area (Å²) in [7, 11) is 13.6. The summed E-state index contributed by atoms with van der Waals surface area (Å²) in [5, 5.41) is 12.5. The summed E-state index contributed by atoms with van der Waals surface area (Å²) in [6.45, 7) is 10.1. The predicted molar refractivity (Wildman–Crippen MR) is 475 cm³/mol. The molecule has 0 saturated heterocycles. The van der Waals surface area contributed by atoms with E-state index in [1.165, 1.54) is 19.3 Å². The number of para-hydroxylation sites is 1. The zero-order valence-electron chi connectivity index (χ0n) is 67.8. The number of anilines is 1. The molecule has 0 unspecified atom stereocenters. The second kappa shape index (κ2) is 46.7. The van der Waals surface area contributed by atoms with Gasteiger partial charge in [0.15, 0.2) is 0 Å². The zero-order chi connectivity index (χ0) is 83.8. The molecule has 606 valence electrons. The highest BCUT2D eigenvalue weighted by Crippen LogP contribution is 2.34. The summed E-state index contributed by atoms with van der Waals surface area (Å²) in [4.78, 5) is 65.1. The molecule has 1 aliphatic carbocycles. The van der Waals surface area contributed by atoms with Crippen molar-refractivity contribution in [1.82, 2.24) is 20.4 Å². The molecule has 0 spiro atoms. The third kappa shape index (κ3) is 27.6. The topological polar surface area (TPSA) is 174 Å². The molecule has 0 heterocycles. The lowest BCUT2D eigenvalue weighted by Gasteiger charge is -2.23. The Morgan fingerprint density at radius 3 is 0.931 bits per heavy atom. The second-order valence-corrected chi connectivity index (χ2v) is 30.7. The fourth-order valence-electron chi connectivity index (χ4n) is 12.9. The monoisotopic (exact) mass is 1660 g/mol. The maximum absolute atomic E-state index is 12.6. The number of hydrogen-bond donors (Lipinski definition) is 3. The number of benzene rings is 11. The van der Waals surface area contributed by atoms with Gasteiger partial charge >= 0.3 is 0 Å². The first-order valence-corrected chi connectivity index (χ1v) is 40.1. The highest BCUT2D eigenvalue weighted by molar-refractivity contribution is 6.32. The van der Waals surface area contributed by atoms with Gasteiger partial charge in [0.25, 0.3) is 29.5 Å². The molecule has 3 N–H and O–H groups in total. The first-order chi connectivity index (χ1) is 55.8. The lowest BCUT2D eigenvalue weighted by Crippen LogP contribution is -2.36. The molecule has 0 aliphatic heterocycles. The van der Waals surface area contributed by atoms with Gasteiger partial charge in [-0.1, -0.05) is 186 Å². The minimum atomic E-state index is -0.147. The number of halogens is 5. The third-order valence-electron chi connectivity index (χ3n) is 19.0. The predicted octanol–water partition coefficient (Wildman–Crippen LogP) is 23.4. The first kappa shape index (κ1) is 91.5. The Morgan fingerprint density at radius 1 is 0.353 bits per heavy atom. The lowest BCUT2D eigenvalue weighted by atomic mass is 9.94. The second-order valence-electron chi connectivity index (χ2n) is 28.5. The van der Waals surface area contributed by atoms with Crippen LogP contribution in [0, 0.1) is 0 Å². The number of carbonyl (C=O) groups excluding carboxylic acids is 5. The fourth-order valence-corrected chi connectivity index (χ4v) is 13.5. The van der Waals surface area contributed by atoms with Crippen LogP contribution in [0.15, 0.2) is 243 Å². The van der Waals surface area contributed by atoms with Crippen molar-refractivity contribution in [3.05, 3.63) is 323 Å². The molecular formula is C96H102Cl5N5O10. The number of ether oxygens (including phenoxy) is 5. The molecule has 20 heteroatoms. The van der Waals surface area contributed by atoms with Gasteiger partial charge in [0.05, 0.1) is 33.0 Å². The molecule has 5 amide bonds. The van der Waals surface area contributed by atoms with Gasteiger partial charge in [0.1, 0.15) is 0 Å². The van der Waals surface area contributed by atoms with Gasteiger partial charge < -0.3 is 49.4 Å². The normalized spacial score (nSPS) is 11.6. The van der Waals surface area contributed by atoms with Gasteiger partial charge in [-0.15, -0.1) is 0 Å². The molecule has 11 aromatic carbocycles. The molecular weight excluding hydrogens is 1560 g/mol. The van der Waals surface area contributed by atoms with Crippen LogP contribution in [0.4, 0.5) is 5.69 Å². The molecule has 15 nitrogen and oxygen atoms in total. The summed E-state index contributed by atoms with van der Waals surface area (Å²) >= 11 is 29.8. The van der Waals surface area contributed by atoms with Crippen LogP contribution in [0.3, 0.4) is 0 Å². The number of hydrogen-bond acceptors (Lipinski definition) is 10. The standard InChI is InChI=1S/C21H24ClNO2.C21H18ClNO2.C19H22ClNO2.C18H20ClNO2.C17H18ClNO2/c2*1-25-14-17-13-16(21(24)23-19-5-3-2-4-6-19)9-12-20(17)15-7-10-18(22)11-8-15;1-13(2)21(3)19(22)15-7-10-18(16(11-15)12-23-4)14-5-8-17(20)9-6-14;1-12(2)20-18(21)14-6-9-17(15(10-14)11-22-3)13-4-7-16(19)8-5-13;1-19(2)17(20)13-6-9-16(14(10-13)11-21-3)12-4-7-15(18)8-5-12/h7-13,19H,2-6,14H2,1H3,(H,23,24);2-13H,14H2,1H3,(H,23,24);5-11,13H,12H2,1-4H3;4-10,12H,11H2,1-3H3,(H,20,21);4-10H,11H2,1-3H3. The van der Waals surface area contributed by atoms with Crippen molar-refractivity contribution in [2.75, 3.05) is 62.0 Å². The van der Waals surface area contributed by atoms with Gasteiger partial charge in [0, 0.05) is 133 Å². The van der Waals surface area contributed by atoms with E-state index in [1.54, 1.807) is 59.4 Å². The molecule has 1 saturated carbocycles. The number of rotatable bonds is 24. The maximum Gasteiger partial charge on any atom is 0.255 e. The van der Waals surface area contributed by atoms with Crippen molar-refractivity contribution in [3.8, 4) is 55.6 Å². The Bertz CT molecular complexity index is 5000. The molecule has 0 bridgehead atoms.